The molecule has 0 bridgehead atoms. The zero-order chi connectivity index (χ0) is 25.5. The molecule has 1 fully saturated rings. The zero-order valence-electron chi connectivity index (χ0n) is 20.9. The molecule has 1 aliphatic heterocycles. The van der Waals surface area contributed by atoms with Crippen molar-refractivity contribution in [2.45, 2.75) is 46.5 Å². The van der Waals surface area contributed by atoms with Gasteiger partial charge in [-0.2, -0.15) is 0 Å². The van der Waals surface area contributed by atoms with E-state index in [4.69, 9.17) is 21.7 Å². The van der Waals surface area contributed by atoms with E-state index in [1.165, 1.54) is 17.3 Å². The van der Waals surface area contributed by atoms with E-state index >= 15 is 0 Å². The third kappa shape index (κ3) is 6.86. The van der Waals surface area contributed by atoms with Gasteiger partial charge in [-0.25, -0.2) is 0 Å². The highest BCUT2D eigenvalue weighted by molar-refractivity contribution is 8.26. The zero-order valence-corrected chi connectivity index (χ0v) is 22.5. The van der Waals surface area contributed by atoms with Gasteiger partial charge in [-0.15, -0.1) is 0 Å². The van der Waals surface area contributed by atoms with E-state index in [2.05, 4.69) is 24.4 Å². The molecule has 35 heavy (non-hydrogen) atoms. The number of hydrogen-bond acceptors (Lipinski definition) is 6. The molecule has 186 valence electrons. The largest absolute Gasteiger partial charge is 0.493 e. The highest BCUT2D eigenvalue weighted by atomic mass is 32.2. The van der Waals surface area contributed by atoms with Gasteiger partial charge in [0.1, 0.15) is 4.32 Å². The number of rotatable bonds is 10. The Bertz CT molecular complexity index is 1140. The summed E-state index contributed by atoms with van der Waals surface area (Å²) in [6.07, 6.45) is 4.65. The van der Waals surface area contributed by atoms with Crippen molar-refractivity contribution in [2.75, 3.05) is 26.1 Å². The van der Waals surface area contributed by atoms with Crippen LogP contribution >= 0.6 is 24.0 Å². The standard InChI is InChI=1S/C27H32N2O4S2/c1-17-13-18(2)25(19(3)14-17)28-24(30)9-7-6-8-12-29-26(31)23(35-27(29)34)16-20-10-11-21(32-4)22(15-20)33-5/h10-11,13-16H,6-9,12H2,1-5H3,(H,28,30)/b23-16-. The smallest absolute Gasteiger partial charge is 0.266 e. The highest BCUT2D eigenvalue weighted by Crippen LogP contribution is 2.35. The fraction of sp³-hybridized carbons (Fsp3) is 0.370. The molecule has 0 aromatic heterocycles. The second kappa shape index (κ2) is 12.2. The van der Waals surface area contributed by atoms with Gasteiger partial charge in [0.05, 0.1) is 19.1 Å². The Labute approximate surface area is 217 Å². The van der Waals surface area contributed by atoms with Crippen molar-refractivity contribution in [3.8, 4) is 11.5 Å². The molecule has 2 aromatic rings. The molecule has 0 aliphatic carbocycles. The number of nitrogens with one attached hydrogen (secondary N) is 1. The van der Waals surface area contributed by atoms with Crippen molar-refractivity contribution in [1.29, 1.82) is 0 Å². The molecule has 6 nitrogen and oxygen atoms in total. The summed E-state index contributed by atoms with van der Waals surface area (Å²) in [7, 11) is 3.16. The molecule has 0 radical (unpaired) electrons. The molecule has 1 aliphatic rings. The third-order valence-electron chi connectivity index (χ3n) is 5.81. The second-order valence-corrected chi connectivity index (χ2v) is 10.3. The van der Waals surface area contributed by atoms with E-state index in [9.17, 15) is 9.59 Å². The lowest BCUT2D eigenvalue weighted by atomic mass is 10.0. The molecular weight excluding hydrogens is 480 g/mol. The highest BCUT2D eigenvalue weighted by Gasteiger charge is 2.31. The van der Waals surface area contributed by atoms with Gasteiger partial charge in [-0.3, -0.25) is 14.5 Å². The number of methoxy groups -OCH3 is 2. The first kappa shape index (κ1) is 26.8. The predicted octanol–water partition coefficient (Wildman–Crippen LogP) is 6.03. The van der Waals surface area contributed by atoms with Crippen LogP contribution in [0.2, 0.25) is 0 Å². The average Bonchev–Trinajstić information content (AvgIpc) is 3.08. The van der Waals surface area contributed by atoms with E-state index in [-0.39, 0.29) is 11.8 Å². The van der Waals surface area contributed by atoms with E-state index in [1.807, 2.05) is 38.1 Å². The molecular formula is C27H32N2O4S2. The lowest BCUT2D eigenvalue weighted by Crippen LogP contribution is -2.29. The summed E-state index contributed by atoms with van der Waals surface area (Å²) in [5.41, 5.74) is 5.08. The first-order valence-electron chi connectivity index (χ1n) is 11.6. The molecule has 3 rings (SSSR count). The van der Waals surface area contributed by atoms with E-state index in [0.29, 0.717) is 33.7 Å². The number of carbonyl (C=O) groups excluding carboxylic acids is 2. The number of ether oxygens (including phenoxy) is 2. The number of thiocarbonyl (C=S) groups is 1. The Balaban J connectivity index is 1.48. The minimum absolute atomic E-state index is 0.0171. The van der Waals surface area contributed by atoms with Crippen LogP contribution in [0.25, 0.3) is 6.08 Å². The van der Waals surface area contributed by atoms with Crippen LogP contribution in [0.5, 0.6) is 11.5 Å². The quantitative estimate of drug-likeness (QED) is 0.238. The van der Waals surface area contributed by atoms with Crippen LogP contribution < -0.4 is 14.8 Å². The van der Waals surface area contributed by atoms with Crippen LogP contribution in [0.3, 0.4) is 0 Å². The van der Waals surface area contributed by atoms with E-state index in [1.54, 1.807) is 19.1 Å². The summed E-state index contributed by atoms with van der Waals surface area (Å²) in [5, 5.41) is 3.04. The number of benzene rings is 2. The second-order valence-electron chi connectivity index (χ2n) is 8.58. The van der Waals surface area contributed by atoms with Gasteiger partial charge < -0.3 is 14.8 Å². The van der Waals surface area contributed by atoms with Crippen LogP contribution in [0.1, 0.15) is 47.9 Å². The molecule has 1 saturated heterocycles. The van der Waals surface area contributed by atoms with Crippen molar-refractivity contribution in [1.82, 2.24) is 4.90 Å². The van der Waals surface area contributed by atoms with Crippen molar-refractivity contribution < 1.29 is 19.1 Å². The number of carbonyl (C=O) groups is 2. The van der Waals surface area contributed by atoms with Crippen molar-refractivity contribution >= 4 is 51.9 Å². The van der Waals surface area contributed by atoms with Gasteiger partial charge >= 0.3 is 0 Å². The molecule has 2 aromatic carbocycles. The fourth-order valence-electron chi connectivity index (χ4n) is 4.10. The Morgan fingerprint density at radius 1 is 1.03 bits per heavy atom. The van der Waals surface area contributed by atoms with Gasteiger partial charge in [0.15, 0.2) is 11.5 Å². The SMILES string of the molecule is COc1ccc(/C=C2\SC(=S)N(CCCCCC(=O)Nc3c(C)cc(C)cc3C)C2=O)cc1OC. The summed E-state index contributed by atoms with van der Waals surface area (Å²) in [5.74, 6) is 1.17. The summed E-state index contributed by atoms with van der Waals surface area (Å²) >= 11 is 6.75. The number of unbranched alkanes of at least 4 members (excludes halogenated alkanes) is 2. The first-order valence-corrected chi connectivity index (χ1v) is 12.8. The average molecular weight is 513 g/mol. The van der Waals surface area contributed by atoms with Gasteiger partial charge in [0, 0.05) is 18.7 Å². The molecule has 8 heteroatoms. The topological polar surface area (TPSA) is 67.9 Å². The van der Waals surface area contributed by atoms with Crippen LogP contribution in [0.15, 0.2) is 35.2 Å². The number of nitrogens with zero attached hydrogens (tertiary/aromatic N) is 1. The minimum atomic E-state index is -0.0853. The predicted molar refractivity (Wildman–Crippen MR) is 147 cm³/mol. The summed E-state index contributed by atoms with van der Waals surface area (Å²) in [6.45, 7) is 6.62. The Morgan fingerprint density at radius 3 is 2.37 bits per heavy atom. The summed E-state index contributed by atoms with van der Waals surface area (Å²) in [4.78, 5) is 27.5. The molecule has 0 spiro atoms. The van der Waals surface area contributed by atoms with E-state index < -0.39 is 0 Å². The van der Waals surface area contributed by atoms with E-state index in [0.717, 1.165) is 41.6 Å². The number of aryl methyl sites for hydroxylation is 3. The van der Waals surface area contributed by atoms with Gasteiger partial charge in [0.25, 0.3) is 5.91 Å². The summed E-state index contributed by atoms with van der Waals surface area (Å²) in [6, 6.07) is 9.66. The van der Waals surface area contributed by atoms with Gasteiger partial charge in [-0.1, -0.05) is 54.2 Å². The van der Waals surface area contributed by atoms with Crippen molar-refractivity contribution in [2.24, 2.45) is 0 Å². The molecule has 1 heterocycles. The Hall–Kier alpha value is -2.84. The fourth-order valence-corrected chi connectivity index (χ4v) is 5.41. The Kier molecular flexibility index (Phi) is 9.34. The molecule has 2 amide bonds. The number of hydrogen-bond donors (Lipinski definition) is 1. The minimum Gasteiger partial charge on any atom is -0.493 e. The maximum Gasteiger partial charge on any atom is 0.266 e. The summed E-state index contributed by atoms with van der Waals surface area (Å²) < 4.78 is 11.2. The normalized spacial score (nSPS) is 14.5. The molecule has 0 saturated carbocycles. The molecule has 0 atom stereocenters. The van der Waals surface area contributed by atoms with Crippen molar-refractivity contribution in [3.05, 3.63) is 57.5 Å². The van der Waals surface area contributed by atoms with Crippen LogP contribution in [-0.2, 0) is 9.59 Å². The van der Waals surface area contributed by atoms with Crippen LogP contribution in [0, 0.1) is 20.8 Å². The lowest BCUT2D eigenvalue weighted by Gasteiger charge is -2.14. The monoisotopic (exact) mass is 512 g/mol. The van der Waals surface area contributed by atoms with Crippen molar-refractivity contribution in [3.63, 3.8) is 0 Å². The molecule has 1 N–H and O–H groups in total. The maximum atomic E-state index is 12.9. The molecule has 0 unspecified atom stereocenters. The number of anilines is 1. The Morgan fingerprint density at radius 2 is 1.71 bits per heavy atom. The third-order valence-corrected chi connectivity index (χ3v) is 7.18. The maximum absolute atomic E-state index is 12.9. The number of amides is 2. The van der Waals surface area contributed by atoms with Gasteiger partial charge in [-0.05, 0) is 68.5 Å². The number of thioether (sulfide) groups is 1. The lowest BCUT2D eigenvalue weighted by molar-refractivity contribution is -0.122. The first-order chi connectivity index (χ1) is 16.7. The van der Waals surface area contributed by atoms with Gasteiger partial charge in [0.2, 0.25) is 5.91 Å². The van der Waals surface area contributed by atoms with Crippen LogP contribution in [0.4, 0.5) is 5.69 Å². The van der Waals surface area contributed by atoms with Crippen LogP contribution in [-0.4, -0.2) is 41.8 Å².